The van der Waals surface area contributed by atoms with Crippen LogP contribution in [0.15, 0.2) is 109 Å². The van der Waals surface area contributed by atoms with E-state index >= 15 is 0 Å². The second-order valence-corrected chi connectivity index (χ2v) is 23.0. The van der Waals surface area contributed by atoms with E-state index in [-0.39, 0.29) is 73.4 Å². The summed E-state index contributed by atoms with van der Waals surface area (Å²) in [6, 6.07) is 26.0. The summed E-state index contributed by atoms with van der Waals surface area (Å²) in [7, 11) is 3.36. The first-order valence-electron chi connectivity index (χ1n) is 28.2. The van der Waals surface area contributed by atoms with Gasteiger partial charge in [0.15, 0.2) is 5.78 Å². The van der Waals surface area contributed by atoms with Crippen LogP contribution in [0.3, 0.4) is 0 Å². The Labute approximate surface area is 465 Å². The van der Waals surface area contributed by atoms with Gasteiger partial charge in [0.05, 0.1) is 36.1 Å². The fourth-order valence-electron chi connectivity index (χ4n) is 11.5. The molecule has 0 aromatic heterocycles. The van der Waals surface area contributed by atoms with Gasteiger partial charge >= 0.3 is 0 Å². The first-order chi connectivity index (χ1) is 37.9. The van der Waals surface area contributed by atoms with E-state index in [9.17, 15) is 33.6 Å². The molecular formula is C63H80N8O8. The maximum Gasteiger partial charge on any atom is 0.251 e. The molecule has 1 aliphatic heterocycles. The summed E-state index contributed by atoms with van der Waals surface area (Å²) in [6.45, 7) is 9.34. The van der Waals surface area contributed by atoms with E-state index in [1.54, 1.807) is 40.1 Å². The largest absolute Gasteiger partial charge is 0.489 e. The molecular weight excluding hydrogens is 997 g/mol. The molecule has 0 bridgehead atoms. The lowest BCUT2D eigenvalue weighted by Gasteiger charge is -2.36. The van der Waals surface area contributed by atoms with E-state index in [2.05, 4.69) is 55.4 Å². The summed E-state index contributed by atoms with van der Waals surface area (Å²) >= 11 is 0. The number of hydrogen-bond acceptors (Lipinski definition) is 10. The van der Waals surface area contributed by atoms with E-state index < -0.39 is 59.4 Å². The molecule has 79 heavy (non-hydrogen) atoms. The zero-order valence-electron chi connectivity index (χ0n) is 46.9. The Morgan fingerprint density at radius 1 is 0.646 bits per heavy atom. The van der Waals surface area contributed by atoms with Crippen LogP contribution in [-0.2, 0) is 54.6 Å². The summed E-state index contributed by atoms with van der Waals surface area (Å²) < 4.78 is 6.16. The monoisotopic (exact) mass is 1080 g/mol. The molecule has 8 rings (SSSR count). The van der Waals surface area contributed by atoms with Gasteiger partial charge in [-0.25, -0.2) is 0 Å². The van der Waals surface area contributed by atoms with Gasteiger partial charge in [0, 0.05) is 24.1 Å². The predicted molar refractivity (Wildman–Crippen MR) is 304 cm³/mol. The Balaban J connectivity index is 0.893. The Morgan fingerprint density at radius 3 is 1.77 bits per heavy atom. The highest BCUT2D eigenvalue weighted by Crippen LogP contribution is 2.35. The minimum atomic E-state index is -0.941. The molecule has 10 unspecified atom stereocenters. The van der Waals surface area contributed by atoms with Crippen LogP contribution < -0.4 is 42.0 Å². The van der Waals surface area contributed by atoms with Crippen molar-refractivity contribution in [2.24, 2.45) is 17.3 Å². The second-order valence-electron chi connectivity index (χ2n) is 23.0. The summed E-state index contributed by atoms with van der Waals surface area (Å²) in [4.78, 5) is 99.4. The van der Waals surface area contributed by atoms with E-state index in [1.807, 2.05) is 99.7 Å². The van der Waals surface area contributed by atoms with Crippen LogP contribution >= 0.6 is 0 Å². The highest BCUT2D eigenvalue weighted by Gasteiger charge is 2.46. The number of likely N-dealkylation sites (tertiary alicyclic amines) is 1. The molecule has 10 atom stereocenters. The molecule has 420 valence electrons. The van der Waals surface area contributed by atoms with Crippen molar-refractivity contribution in [1.29, 1.82) is 0 Å². The molecule has 0 radical (unpaired) electrons. The number of ether oxygens (including phenoxy) is 1. The number of aryl methyl sites for hydroxylation is 2. The quantitative estimate of drug-likeness (QED) is 0.0492. The number of ketones is 1. The molecule has 1 heterocycles. The zero-order chi connectivity index (χ0) is 56.4. The van der Waals surface area contributed by atoms with Crippen LogP contribution in [0.1, 0.15) is 135 Å². The lowest BCUT2D eigenvalue weighted by molar-refractivity contribution is -0.144. The summed E-state index contributed by atoms with van der Waals surface area (Å²) in [5, 5.41) is 21.4. The smallest absolute Gasteiger partial charge is 0.251 e. The molecule has 4 aromatic carbocycles. The maximum absolute atomic E-state index is 14.6. The number of nitrogens with zero attached hydrogens (tertiary/aromatic N) is 1. The number of likely N-dealkylation sites (N-methyl/N-ethyl adjacent to an activating group) is 2. The number of allylic oxidation sites excluding steroid dienone is 2. The van der Waals surface area contributed by atoms with Crippen LogP contribution in [0, 0.1) is 17.3 Å². The fraction of sp³-hybridized carbons (Fsp3) is 0.476. The van der Waals surface area contributed by atoms with Crippen molar-refractivity contribution in [2.45, 2.75) is 154 Å². The lowest BCUT2D eigenvalue weighted by atomic mass is 9.76. The van der Waals surface area contributed by atoms with Crippen molar-refractivity contribution in [2.75, 3.05) is 20.6 Å². The molecule has 16 nitrogen and oxygen atoms in total. The van der Waals surface area contributed by atoms with Crippen LogP contribution in [0.5, 0.6) is 5.75 Å². The first-order valence-corrected chi connectivity index (χ1v) is 28.2. The standard InChI is InChI=1S/C63H80N8O8/c1-38(64-6)57(73)69-53(55(72)49-22-12-13-23-50(49)60(76)67-51-24-14-18-42-16-8-10-20-47(42)51)34-40-28-32-46(33-29-40)79-37-41-26-30-44(31-27-41)59(75)66-45-35-54(61(77)68-52-25-15-19-43-17-9-11-21-48(43)52)71(36-45)62(78)56(63(3,4)5)70-58(74)39(2)65-7/h8-13,16-17,20-21,26-33,38-39,45,49-54,56,64-65H,14-15,18-19,22-25,34-37H2,1-7H3,(H,66,75)(H,67,76)(H,68,77)(H,69,73)(H,70,74). The average Bonchev–Trinajstić information content (AvgIpc) is 4.06. The maximum atomic E-state index is 14.6. The number of fused-ring (bicyclic) bond motifs is 2. The Kier molecular flexibility index (Phi) is 19.2. The van der Waals surface area contributed by atoms with Gasteiger partial charge in [-0.2, -0.15) is 0 Å². The molecule has 4 aliphatic rings. The van der Waals surface area contributed by atoms with Crippen LogP contribution in [0.4, 0.5) is 0 Å². The summed E-state index contributed by atoms with van der Waals surface area (Å²) in [5.41, 5.74) is 5.94. The molecule has 7 N–H and O–H groups in total. The third-order valence-corrected chi connectivity index (χ3v) is 16.4. The van der Waals surface area contributed by atoms with Gasteiger partial charge in [0.1, 0.15) is 24.4 Å². The number of carbonyl (C=O) groups excluding carboxylic acids is 7. The number of carbonyl (C=O) groups is 7. The number of amides is 6. The molecule has 3 aliphatic carbocycles. The lowest BCUT2D eigenvalue weighted by Crippen LogP contribution is -2.59. The minimum Gasteiger partial charge on any atom is -0.489 e. The van der Waals surface area contributed by atoms with E-state index in [0.717, 1.165) is 60.8 Å². The summed E-state index contributed by atoms with van der Waals surface area (Å²) in [5.74, 6) is -2.62. The Hall–Kier alpha value is -7.17. The topological polar surface area (TPSA) is 216 Å². The van der Waals surface area contributed by atoms with Crippen molar-refractivity contribution in [3.05, 3.63) is 148 Å². The van der Waals surface area contributed by atoms with Crippen LogP contribution in [-0.4, -0.2) is 103 Å². The zero-order valence-corrected chi connectivity index (χ0v) is 46.9. The van der Waals surface area contributed by atoms with Gasteiger partial charge in [0.25, 0.3) is 5.91 Å². The van der Waals surface area contributed by atoms with Crippen molar-refractivity contribution >= 4 is 41.2 Å². The van der Waals surface area contributed by atoms with Gasteiger partial charge in [0.2, 0.25) is 29.5 Å². The first kappa shape index (κ1) is 58.0. The van der Waals surface area contributed by atoms with Crippen LogP contribution in [0.25, 0.3) is 0 Å². The van der Waals surface area contributed by atoms with E-state index in [0.29, 0.717) is 24.2 Å². The van der Waals surface area contributed by atoms with Crippen molar-refractivity contribution in [3.63, 3.8) is 0 Å². The molecule has 0 spiro atoms. The number of nitrogens with one attached hydrogen (secondary N) is 7. The summed E-state index contributed by atoms with van der Waals surface area (Å²) in [6.07, 6.45) is 10.6. The van der Waals surface area contributed by atoms with Gasteiger partial charge < -0.3 is 46.9 Å². The number of hydrogen-bond donors (Lipinski definition) is 7. The Bertz CT molecular complexity index is 2860. The molecule has 0 saturated carbocycles. The minimum absolute atomic E-state index is 0.0770. The SMILES string of the molecule is CNC(C)C(=O)NC(Cc1ccc(OCc2ccc(C(=O)NC3CC(C(=O)NC4CCCc5ccccc54)N(C(=O)C(NC(=O)C(C)NC)C(C)(C)C)C3)cc2)cc1)C(=O)C1CC=CCC1C(=O)NC1CCCc2ccccc21. The third-order valence-electron chi connectivity index (χ3n) is 16.4. The molecule has 6 amide bonds. The van der Waals surface area contributed by atoms with Gasteiger partial charge in [-0.15, -0.1) is 0 Å². The van der Waals surface area contributed by atoms with Crippen molar-refractivity contribution in [3.8, 4) is 5.75 Å². The average molecular weight is 1080 g/mol. The van der Waals surface area contributed by atoms with Crippen molar-refractivity contribution in [1.82, 2.24) is 42.1 Å². The number of benzene rings is 4. The van der Waals surface area contributed by atoms with Crippen molar-refractivity contribution < 1.29 is 38.3 Å². The number of rotatable bonds is 20. The molecule has 4 aromatic rings. The molecule has 16 heteroatoms. The van der Waals surface area contributed by atoms with Gasteiger partial charge in [-0.1, -0.05) is 106 Å². The van der Waals surface area contributed by atoms with Crippen LogP contribution in [0.2, 0.25) is 0 Å². The third kappa shape index (κ3) is 14.4. The van der Waals surface area contributed by atoms with E-state index in [4.69, 9.17) is 4.74 Å². The van der Waals surface area contributed by atoms with Gasteiger partial charge in [-0.3, -0.25) is 33.6 Å². The Morgan fingerprint density at radius 2 is 1.19 bits per heavy atom. The number of Topliss-reactive ketones (excluding diaryl/α,β-unsaturated/α-hetero) is 1. The molecule has 1 saturated heterocycles. The fourth-order valence-corrected chi connectivity index (χ4v) is 11.5. The normalized spacial score (nSPS) is 22.1. The second kappa shape index (κ2) is 26.2. The van der Waals surface area contributed by atoms with Gasteiger partial charge in [-0.05, 0) is 155 Å². The highest BCUT2D eigenvalue weighted by atomic mass is 16.5. The predicted octanol–water partition coefficient (Wildman–Crippen LogP) is 6.28. The highest BCUT2D eigenvalue weighted by molar-refractivity contribution is 5.97. The van der Waals surface area contributed by atoms with E-state index in [1.165, 1.54) is 16.0 Å². The molecule has 1 fully saturated rings.